The molecule has 4 fully saturated rings. The molecule has 0 aromatic carbocycles. The third-order valence-electron chi connectivity index (χ3n) is 4.55. The van der Waals surface area contributed by atoms with Gasteiger partial charge in [-0.05, 0) is 37.5 Å². The van der Waals surface area contributed by atoms with E-state index in [2.05, 4.69) is 0 Å². The lowest BCUT2D eigenvalue weighted by atomic mass is 9.55. The van der Waals surface area contributed by atoms with Crippen molar-refractivity contribution < 1.29 is 13.2 Å². The molecule has 4 bridgehead atoms. The standard InChI is InChI=1S/C11H16O3S/c1-15(13,14)11-8-3-6-2-7(5-8)10(12)9(11)4-6/h6-9,11H,2-5H2,1H3. The molecule has 5 atom stereocenters. The maximum absolute atomic E-state index is 12.0. The van der Waals surface area contributed by atoms with Crippen LogP contribution in [0.1, 0.15) is 25.7 Å². The molecule has 0 amide bonds. The van der Waals surface area contributed by atoms with E-state index in [4.69, 9.17) is 0 Å². The summed E-state index contributed by atoms with van der Waals surface area (Å²) in [5, 5.41) is -0.349. The summed E-state index contributed by atoms with van der Waals surface area (Å²) < 4.78 is 23.4. The van der Waals surface area contributed by atoms with Crippen LogP contribution in [0.2, 0.25) is 0 Å². The van der Waals surface area contributed by atoms with Gasteiger partial charge < -0.3 is 0 Å². The molecule has 5 unspecified atom stereocenters. The molecular weight excluding hydrogens is 212 g/mol. The second-order valence-electron chi connectivity index (χ2n) is 5.57. The monoisotopic (exact) mass is 228 g/mol. The highest BCUT2D eigenvalue weighted by Crippen LogP contribution is 2.53. The van der Waals surface area contributed by atoms with Crippen LogP contribution in [0.15, 0.2) is 0 Å². The van der Waals surface area contributed by atoms with Crippen molar-refractivity contribution in [3.63, 3.8) is 0 Å². The minimum atomic E-state index is -3.04. The SMILES string of the molecule is CS(=O)(=O)C1C2CC3CC(C2)C(=O)C1C3. The highest BCUT2D eigenvalue weighted by Gasteiger charge is 2.56. The highest BCUT2D eigenvalue weighted by atomic mass is 32.2. The maximum Gasteiger partial charge on any atom is 0.151 e. The van der Waals surface area contributed by atoms with Gasteiger partial charge in [0.15, 0.2) is 9.84 Å². The molecule has 0 N–H and O–H groups in total. The molecule has 0 heterocycles. The van der Waals surface area contributed by atoms with Gasteiger partial charge in [-0.2, -0.15) is 0 Å². The van der Waals surface area contributed by atoms with E-state index in [1.54, 1.807) is 0 Å². The number of rotatable bonds is 1. The van der Waals surface area contributed by atoms with Crippen LogP contribution < -0.4 is 0 Å². The Bertz CT molecular complexity index is 412. The number of carbonyl (C=O) groups excluding carboxylic acids is 1. The van der Waals surface area contributed by atoms with E-state index in [1.165, 1.54) is 6.26 Å². The third-order valence-corrected chi connectivity index (χ3v) is 6.25. The molecule has 3 nitrogen and oxygen atoms in total. The summed E-state index contributed by atoms with van der Waals surface area (Å²) in [6, 6.07) is 0. The van der Waals surface area contributed by atoms with Crippen LogP contribution in [-0.2, 0) is 14.6 Å². The summed E-state index contributed by atoms with van der Waals surface area (Å²) >= 11 is 0. The first-order chi connectivity index (χ1) is 6.97. The zero-order chi connectivity index (χ0) is 10.8. The molecule has 0 aromatic heterocycles. The van der Waals surface area contributed by atoms with E-state index in [1.807, 2.05) is 0 Å². The summed E-state index contributed by atoms with van der Waals surface area (Å²) in [5.74, 6) is 1.20. The van der Waals surface area contributed by atoms with Crippen molar-refractivity contribution in [3.8, 4) is 0 Å². The molecule has 0 saturated heterocycles. The van der Waals surface area contributed by atoms with Crippen molar-refractivity contribution in [1.29, 1.82) is 0 Å². The lowest BCUT2D eigenvalue weighted by Crippen LogP contribution is -2.56. The molecular formula is C11H16O3S. The molecule has 4 aliphatic rings. The Morgan fingerprint density at radius 2 is 1.87 bits per heavy atom. The van der Waals surface area contributed by atoms with Crippen molar-refractivity contribution >= 4 is 15.6 Å². The molecule has 4 saturated carbocycles. The van der Waals surface area contributed by atoms with Gasteiger partial charge in [-0.3, -0.25) is 4.79 Å². The second kappa shape index (κ2) is 2.84. The Balaban J connectivity index is 2.03. The minimum Gasteiger partial charge on any atom is -0.299 e. The van der Waals surface area contributed by atoms with Crippen LogP contribution in [-0.4, -0.2) is 25.7 Å². The van der Waals surface area contributed by atoms with Gasteiger partial charge in [0.2, 0.25) is 0 Å². The number of hydrogen-bond donors (Lipinski definition) is 0. The zero-order valence-corrected chi connectivity index (χ0v) is 9.66. The normalized spacial score (nSPS) is 48.6. The van der Waals surface area contributed by atoms with Crippen molar-refractivity contribution in [2.24, 2.45) is 23.7 Å². The molecule has 15 heavy (non-hydrogen) atoms. The highest BCUT2D eigenvalue weighted by molar-refractivity contribution is 7.91. The summed E-state index contributed by atoms with van der Waals surface area (Å²) in [6.45, 7) is 0. The average Bonchev–Trinajstić information content (AvgIpc) is 2.10. The molecule has 4 aliphatic carbocycles. The van der Waals surface area contributed by atoms with E-state index < -0.39 is 9.84 Å². The summed E-state index contributed by atoms with van der Waals surface area (Å²) in [6.07, 6.45) is 5.04. The molecule has 4 rings (SSSR count). The van der Waals surface area contributed by atoms with Gasteiger partial charge in [0.25, 0.3) is 0 Å². The second-order valence-corrected chi connectivity index (χ2v) is 7.77. The topological polar surface area (TPSA) is 51.2 Å². The van der Waals surface area contributed by atoms with Gasteiger partial charge in [-0.15, -0.1) is 0 Å². The van der Waals surface area contributed by atoms with E-state index >= 15 is 0 Å². The molecule has 0 aliphatic heterocycles. The van der Waals surface area contributed by atoms with Gasteiger partial charge in [0.05, 0.1) is 5.25 Å². The van der Waals surface area contributed by atoms with Crippen LogP contribution in [0.25, 0.3) is 0 Å². The van der Waals surface area contributed by atoms with Crippen molar-refractivity contribution in [1.82, 2.24) is 0 Å². The predicted molar refractivity (Wildman–Crippen MR) is 56.1 cm³/mol. The molecule has 0 spiro atoms. The van der Waals surface area contributed by atoms with E-state index in [-0.39, 0.29) is 28.8 Å². The lowest BCUT2D eigenvalue weighted by molar-refractivity contribution is -0.139. The Kier molecular flexibility index (Phi) is 1.86. The number of ketones is 1. The molecule has 0 radical (unpaired) electrons. The Labute approximate surface area is 90.2 Å². The van der Waals surface area contributed by atoms with Gasteiger partial charge in [-0.25, -0.2) is 8.42 Å². The quantitative estimate of drug-likeness (QED) is 0.673. The number of Topliss-reactive ketones (excluding diaryl/α,β-unsaturated/α-hetero) is 1. The van der Waals surface area contributed by atoms with Crippen molar-refractivity contribution in [3.05, 3.63) is 0 Å². The van der Waals surface area contributed by atoms with Crippen LogP contribution in [0, 0.1) is 23.7 Å². The first-order valence-electron chi connectivity index (χ1n) is 5.69. The van der Waals surface area contributed by atoms with Gasteiger partial charge in [0.1, 0.15) is 5.78 Å². The largest absolute Gasteiger partial charge is 0.299 e. The fraction of sp³-hybridized carbons (Fsp3) is 0.909. The van der Waals surface area contributed by atoms with E-state index in [9.17, 15) is 13.2 Å². The van der Waals surface area contributed by atoms with Crippen molar-refractivity contribution in [2.75, 3.05) is 6.26 Å². The third kappa shape index (κ3) is 1.30. The fourth-order valence-electron chi connectivity index (χ4n) is 4.23. The van der Waals surface area contributed by atoms with Crippen molar-refractivity contribution in [2.45, 2.75) is 30.9 Å². The smallest absolute Gasteiger partial charge is 0.151 e. The molecule has 0 aromatic rings. The van der Waals surface area contributed by atoms with E-state index in [0.717, 1.165) is 25.7 Å². The number of carbonyl (C=O) groups is 1. The van der Waals surface area contributed by atoms with Gasteiger partial charge >= 0.3 is 0 Å². The average molecular weight is 228 g/mol. The fourth-order valence-corrected chi connectivity index (χ4v) is 5.99. The summed E-state index contributed by atoms with van der Waals surface area (Å²) in [4.78, 5) is 12.0. The number of hydrogen-bond acceptors (Lipinski definition) is 3. The summed E-state index contributed by atoms with van der Waals surface area (Å²) in [7, 11) is -3.04. The predicted octanol–water partition coefficient (Wildman–Crippen LogP) is 1.03. The Morgan fingerprint density at radius 3 is 2.53 bits per heavy atom. The number of sulfone groups is 1. The van der Waals surface area contributed by atoms with Crippen LogP contribution in [0.5, 0.6) is 0 Å². The maximum atomic E-state index is 12.0. The minimum absolute atomic E-state index is 0.156. The summed E-state index contributed by atoms with van der Waals surface area (Å²) in [5.41, 5.74) is 0. The Morgan fingerprint density at radius 1 is 1.13 bits per heavy atom. The zero-order valence-electron chi connectivity index (χ0n) is 8.85. The van der Waals surface area contributed by atoms with Crippen LogP contribution >= 0.6 is 0 Å². The molecule has 84 valence electrons. The van der Waals surface area contributed by atoms with Gasteiger partial charge in [-0.1, -0.05) is 0 Å². The van der Waals surface area contributed by atoms with E-state index in [0.29, 0.717) is 5.92 Å². The lowest BCUT2D eigenvalue weighted by Gasteiger charge is -2.52. The Hall–Kier alpha value is -0.380. The molecule has 4 heteroatoms. The van der Waals surface area contributed by atoms with Crippen LogP contribution in [0.3, 0.4) is 0 Å². The van der Waals surface area contributed by atoms with Crippen LogP contribution in [0.4, 0.5) is 0 Å². The van der Waals surface area contributed by atoms with Gasteiger partial charge in [0, 0.05) is 18.1 Å². The first-order valence-corrected chi connectivity index (χ1v) is 7.65. The first kappa shape index (κ1) is 9.82.